The van der Waals surface area contributed by atoms with E-state index >= 15 is 0 Å². The standard InChI is InChI=1S/C19H23N3OS/c1-15-9-16(2)11-18(10-15)22(7-4-6-20)19(23)13-21(3)12-17-5-8-24-14-17/h5,8-11,14H,4,7,12-13H2,1-3H3. The number of anilines is 1. The molecule has 0 saturated heterocycles. The first-order valence-electron chi connectivity index (χ1n) is 7.95. The number of nitrogens with zero attached hydrogens (tertiary/aromatic N) is 3. The fourth-order valence-corrected chi connectivity index (χ4v) is 3.39. The molecule has 1 aromatic carbocycles. The van der Waals surface area contributed by atoms with Gasteiger partial charge in [0.15, 0.2) is 0 Å². The van der Waals surface area contributed by atoms with Gasteiger partial charge in [0.1, 0.15) is 0 Å². The predicted molar refractivity (Wildman–Crippen MR) is 99.2 cm³/mol. The Balaban J connectivity index is 2.11. The van der Waals surface area contributed by atoms with Crippen LogP contribution in [0.25, 0.3) is 0 Å². The van der Waals surface area contributed by atoms with Gasteiger partial charge in [0.05, 0.1) is 19.0 Å². The molecule has 0 aliphatic carbocycles. The maximum atomic E-state index is 12.8. The van der Waals surface area contributed by atoms with Crippen molar-refractivity contribution in [3.63, 3.8) is 0 Å². The van der Waals surface area contributed by atoms with Gasteiger partial charge in [-0.05, 0) is 66.5 Å². The van der Waals surface area contributed by atoms with E-state index in [1.54, 1.807) is 16.2 Å². The molecule has 0 atom stereocenters. The number of hydrogen-bond donors (Lipinski definition) is 0. The van der Waals surface area contributed by atoms with E-state index in [2.05, 4.69) is 23.6 Å². The summed E-state index contributed by atoms with van der Waals surface area (Å²) in [6, 6.07) is 10.3. The number of benzene rings is 1. The summed E-state index contributed by atoms with van der Waals surface area (Å²) in [5, 5.41) is 13.0. The van der Waals surface area contributed by atoms with Crippen molar-refractivity contribution in [1.82, 2.24) is 4.90 Å². The Labute approximate surface area is 147 Å². The molecular formula is C19H23N3OS. The lowest BCUT2D eigenvalue weighted by molar-refractivity contribution is -0.119. The highest BCUT2D eigenvalue weighted by atomic mass is 32.1. The third-order valence-electron chi connectivity index (χ3n) is 3.70. The average molecular weight is 341 g/mol. The number of amides is 1. The summed E-state index contributed by atoms with van der Waals surface area (Å²) in [5.74, 6) is 0.0213. The number of carbonyl (C=O) groups is 1. The zero-order chi connectivity index (χ0) is 17.5. The van der Waals surface area contributed by atoms with E-state index in [1.807, 2.05) is 43.3 Å². The van der Waals surface area contributed by atoms with Gasteiger partial charge in [-0.15, -0.1) is 0 Å². The van der Waals surface area contributed by atoms with Crippen molar-refractivity contribution in [3.8, 4) is 6.07 Å². The molecule has 0 radical (unpaired) electrons. The second-order valence-corrected chi connectivity index (χ2v) is 6.88. The van der Waals surface area contributed by atoms with E-state index in [9.17, 15) is 4.79 Å². The first-order chi connectivity index (χ1) is 11.5. The minimum atomic E-state index is 0.0213. The van der Waals surface area contributed by atoms with Gasteiger partial charge in [-0.3, -0.25) is 9.69 Å². The molecule has 0 saturated carbocycles. The lowest BCUT2D eigenvalue weighted by Gasteiger charge is -2.25. The van der Waals surface area contributed by atoms with Gasteiger partial charge < -0.3 is 4.90 Å². The molecular weight excluding hydrogens is 318 g/mol. The number of likely N-dealkylation sites (N-methyl/N-ethyl adjacent to an activating group) is 1. The molecule has 4 nitrogen and oxygen atoms in total. The van der Waals surface area contributed by atoms with E-state index in [-0.39, 0.29) is 5.91 Å². The molecule has 0 aliphatic rings. The summed E-state index contributed by atoms with van der Waals surface area (Å²) in [6.07, 6.45) is 0.326. The SMILES string of the molecule is Cc1cc(C)cc(N(CCC#N)C(=O)CN(C)Cc2ccsc2)c1. The minimum Gasteiger partial charge on any atom is -0.310 e. The molecule has 5 heteroatoms. The van der Waals surface area contributed by atoms with Gasteiger partial charge in [-0.25, -0.2) is 0 Å². The maximum absolute atomic E-state index is 12.8. The lowest BCUT2D eigenvalue weighted by Crippen LogP contribution is -2.39. The van der Waals surface area contributed by atoms with Crippen LogP contribution >= 0.6 is 11.3 Å². The van der Waals surface area contributed by atoms with Crippen LogP contribution in [0.1, 0.15) is 23.1 Å². The highest BCUT2D eigenvalue weighted by Crippen LogP contribution is 2.20. The highest BCUT2D eigenvalue weighted by Gasteiger charge is 2.18. The molecule has 0 bridgehead atoms. The molecule has 0 spiro atoms. The van der Waals surface area contributed by atoms with Crippen LogP contribution in [-0.4, -0.2) is 30.9 Å². The highest BCUT2D eigenvalue weighted by molar-refractivity contribution is 7.07. The molecule has 0 N–H and O–H groups in total. The number of carbonyl (C=O) groups excluding carboxylic acids is 1. The van der Waals surface area contributed by atoms with Crippen LogP contribution in [0, 0.1) is 25.2 Å². The zero-order valence-electron chi connectivity index (χ0n) is 14.5. The average Bonchev–Trinajstić information content (AvgIpc) is 2.99. The Bertz CT molecular complexity index is 698. The van der Waals surface area contributed by atoms with Gasteiger partial charge in [0, 0.05) is 18.8 Å². The number of rotatable bonds is 7. The van der Waals surface area contributed by atoms with Crippen molar-refractivity contribution in [2.45, 2.75) is 26.8 Å². The Morgan fingerprint density at radius 2 is 1.96 bits per heavy atom. The van der Waals surface area contributed by atoms with Gasteiger partial charge >= 0.3 is 0 Å². The Kier molecular flexibility index (Phi) is 6.53. The molecule has 126 valence electrons. The Hall–Kier alpha value is -2.16. The lowest BCUT2D eigenvalue weighted by atomic mass is 10.1. The number of aryl methyl sites for hydroxylation is 2. The van der Waals surface area contributed by atoms with Crippen LogP contribution in [0.4, 0.5) is 5.69 Å². The minimum absolute atomic E-state index is 0.0213. The third kappa shape index (κ3) is 5.19. The normalized spacial score (nSPS) is 10.6. The van der Waals surface area contributed by atoms with Crippen molar-refractivity contribution in [1.29, 1.82) is 5.26 Å². The largest absolute Gasteiger partial charge is 0.310 e. The van der Waals surface area contributed by atoms with Gasteiger partial charge in [-0.1, -0.05) is 6.07 Å². The monoisotopic (exact) mass is 341 g/mol. The summed E-state index contributed by atoms with van der Waals surface area (Å²) in [6.45, 7) is 5.53. The van der Waals surface area contributed by atoms with Crippen molar-refractivity contribution in [3.05, 3.63) is 51.7 Å². The Morgan fingerprint density at radius 3 is 2.54 bits per heavy atom. The van der Waals surface area contributed by atoms with E-state index in [0.717, 1.165) is 23.4 Å². The summed E-state index contributed by atoms with van der Waals surface area (Å²) >= 11 is 1.66. The second-order valence-electron chi connectivity index (χ2n) is 6.10. The maximum Gasteiger partial charge on any atom is 0.241 e. The molecule has 0 aliphatic heterocycles. The number of hydrogen-bond acceptors (Lipinski definition) is 4. The molecule has 0 fully saturated rings. The van der Waals surface area contributed by atoms with E-state index in [1.165, 1.54) is 5.56 Å². The molecule has 24 heavy (non-hydrogen) atoms. The van der Waals surface area contributed by atoms with Crippen LogP contribution in [0.15, 0.2) is 35.0 Å². The van der Waals surface area contributed by atoms with E-state index < -0.39 is 0 Å². The van der Waals surface area contributed by atoms with E-state index in [0.29, 0.717) is 19.5 Å². The van der Waals surface area contributed by atoms with Crippen LogP contribution in [-0.2, 0) is 11.3 Å². The number of nitriles is 1. The first-order valence-corrected chi connectivity index (χ1v) is 8.89. The van der Waals surface area contributed by atoms with Crippen LogP contribution in [0.5, 0.6) is 0 Å². The smallest absolute Gasteiger partial charge is 0.241 e. The Morgan fingerprint density at radius 1 is 1.25 bits per heavy atom. The van der Waals surface area contributed by atoms with Crippen LogP contribution in [0.3, 0.4) is 0 Å². The molecule has 0 unspecified atom stereocenters. The fourth-order valence-electron chi connectivity index (χ4n) is 2.73. The summed E-state index contributed by atoms with van der Waals surface area (Å²) in [5.41, 5.74) is 4.32. The topological polar surface area (TPSA) is 47.3 Å². The van der Waals surface area contributed by atoms with E-state index in [4.69, 9.17) is 5.26 Å². The molecule has 1 aromatic heterocycles. The van der Waals surface area contributed by atoms with Crippen LogP contribution < -0.4 is 4.90 Å². The molecule has 2 rings (SSSR count). The van der Waals surface area contributed by atoms with Gasteiger partial charge in [0.2, 0.25) is 5.91 Å². The fraction of sp³-hybridized carbons (Fsp3) is 0.368. The number of thiophene rings is 1. The summed E-state index contributed by atoms with van der Waals surface area (Å²) in [4.78, 5) is 16.5. The zero-order valence-corrected chi connectivity index (χ0v) is 15.3. The first kappa shape index (κ1) is 18.2. The van der Waals surface area contributed by atoms with Gasteiger partial charge in [-0.2, -0.15) is 16.6 Å². The molecule has 2 aromatic rings. The van der Waals surface area contributed by atoms with Gasteiger partial charge in [0.25, 0.3) is 0 Å². The molecule has 1 amide bonds. The van der Waals surface area contributed by atoms with Crippen molar-refractivity contribution in [2.24, 2.45) is 0 Å². The van der Waals surface area contributed by atoms with Crippen molar-refractivity contribution >= 4 is 22.9 Å². The van der Waals surface area contributed by atoms with Crippen molar-refractivity contribution in [2.75, 3.05) is 25.0 Å². The quantitative estimate of drug-likeness (QED) is 0.771. The second kappa shape index (κ2) is 8.62. The van der Waals surface area contributed by atoms with Crippen molar-refractivity contribution < 1.29 is 4.79 Å². The summed E-state index contributed by atoms with van der Waals surface area (Å²) < 4.78 is 0. The third-order valence-corrected chi connectivity index (χ3v) is 4.44. The summed E-state index contributed by atoms with van der Waals surface area (Å²) in [7, 11) is 1.94. The molecule has 1 heterocycles. The van der Waals surface area contributed by atoms with Crippen LogP contribution in [0.2, 0.25) is 0 Å². The predicted octanol–water partition coefficient (Wildman–Crippen LogP) is 3.74.